The summed E-state index contributed by atoms with van der Waals surface area (Å²) in [7, 11) is 0. The minimum atomic E-state index is 0.211. The molecule has 0 aliphatic heterocycles. The lowest BCUT2D eigenvalue weighted by Crippen LogP contribution is -2.24. The van der Waals surface area contributed by atoms with Crippen LogP contribution in [0.5, 0.6) is 0 Å². The molecule has 0 fully saturated rings. The van der Waals surface area contributed by atoms with E-state index in [2.05, 4.69) is 12.2 Å². The molecule has 0 saturated carbocycles. The van der Waals surface area contributed by atoms with Gasteiger partial charge in [-0.2, -0.15) is 0 Å². The first-order chi connectivity index (χ1) is 6.81. The zero-order valence-electron chi connectivity index (χ0n) is 9.84. The van der Waals surface area contributed by atoms with Crippen molar-refractivity contribution in [1.82, 2.24) is 5.32 Å². The quantitative estimate of drug-likeness (QED) is 0.549. The minimum absolute atomic E-state index is 0.211. The molecule has 0 aromatic rings. The van der Waals surface area contributed by atoms with E-state index in [4.69, 9.17) is 9.47 Å². The van der Waals surface area contributed by atoms with Crippen LogP contribution >= 0.6 is 0 Å². The monoisotopic (exact) mass is 203 g/mol. The Labute approximate surface area is 88.2 Å². The van der Waals surface area contributed by atoms with Gasteiger partial charge in [-0.15, -0.1) is 0 Å². The predicted octanol–water partition coefficient (Wildman–Crippen LogP) is 1.82. The molecule has 0 radical (unpaired) electrons. The molecule has 0 spiro atoms. The highest BCUT2D eigenvalue weighted by molar-refractivity contribution is 4.50. The molecule has 14 heavy (non-hydrogen) atoms. The van der Waals surface area contributed by atoms with Crippen molar-refractivity contribution in [2.24, 2.45) is 0 Å². The van der Waals surface area contributed by atoms with Crippen molar-refractivity contribution in [3.8, 4) is 0 Å². The Kier molecular flexibility index (Phi) is 10.9. The van der Waals surface area contributed by atoms with E-state index in [9.17, 15) is 0 Å². The van der Waals surface area contributed by atoms with E-state index in [1.54, 1.807) is 0 Å². The number of rotatable bonds is 10. The average molecular weight is 203 g/mol. The van der Waals surface area contributed by atoms with Crippen molar-refractivity contribution >= 4 is 0 Å². The van der Waals surface area contributed by atoms with Crippen molar-refractivity contribution in [1.29, 1.82) is 0 Å². The largest absolute Gasteiger partial charge is 0.379 e. The second kappa shape index (κ2) is 11.0. The Bertz CT molecular complexity index is 109. The van der Waals surface area contributed by atoms with Gasteiger partial charge in [-0.1, -0.05) is 13.3 Å². The number of unbranched alkanes of at least 4 members (excludes halogenated alkanes) is 1. The molecule has 0 bridgehead atoms. The third-order valence-corrected chi connectivity index (χ3v) is 1.94. The molecular formula is C11H25NO2. The molecule has 1 unspecified atom stereocenters. The zero-order chi connectivity index (χ0) is 10.6. The molecule has 0 amide bonds. The molecule has 0 aromatic heterocycles. The van der Waals surface area contributed by atoms with Crippen molar-refractivity contribution in [3.05, 3.63) is 0 Å². The van der Waals surface area contributed by atoms with Gasteiger partial charge in [-0.25, -0.2) is 0 Å². The topological polar surface area (TPSA) is 30.5 Å². The molecule has 0 aliphatic carbocycles. The minimum Gasteiger partial charge on any atom is -0.379 e. The Morgan fingerprint density at radius 3 is 2.64 bits per heavy atom. The summed E-state index contributed by atoms with van der Waals surface area (Å²) in [6.07, 6.45) is 2.70. The maximum atomic E-state index is 5.54. The fourth-order valence-corrected chi connectivity index (χ4v) is 1.09. The number of hydrogen-bond donors (Lipinski definition) is 1. The second-order valence-corrected chi connectivity index (χ2v) is 3.44. The van der Waals surface area contributed by atoms with Gasteiger partial charge >= 0.3 is 0 Å². The highest BCUT2D eigenvalue weighted by Crippen LogP contribution is 1.91. The van der Waals surface area contributed by atoms with Gasteiger partial charge in [-0.05, 0) is 26.8 Å². The summed E-state index contributed by atoms with van der Waals surface area (Å²) < 4.78 is 10.8. The maximum absolute atomic E-state index is 5.54. The van der Waals surface area contributed by atoms with Crippen molar-refractivity contribution < 1.29 is 9.47 Å². The fraction of sp³-hybridized carbons (Fsp3) is 1.00. The highest BCUT2D eigenvalue weighted by Gasteiger charge is 2.00. The highest BCUT2D eigenvalue weighted by atomic mass is 16.5. The van der Waals surface area contributed by atoms with Gasteiger partial charge in [0.15, 0.2) is 0 Å². The van der Waals surface area contributed by atoms with Crippen LogP contribution in [-0.2, 0) is 9.47 Å². The number of ether oxygens (including phenoxy) is 2. The fourth-order valence-electron chi connectivity index (χ4n) is 1.09. The molecule has 0 rings (SSSR count). The number of hydrogen-bond acceptors (Lipinski definition) is 3. The summed E-state index contributed by atoms with van der Waals surface area (Å²) in [5.74, 6) is 0. The molecule has 0 aliphatic rings. The van der Waals surface area contributed by atoms with E-state index >= 15 is 0 Å². The van der Waals surface area contributed by atoms with Crippen molar-refractivity contribution in [2.75, 3.05) is 32.9 Å². The first kappa shape index (κ1) is 13.9. The molecule has 3 nitrogen and oxygen atoms in total. The maximum Gasteiger partial charge on any atom is 0.0781 e. The lowest BCUT2D eigenvalue weighted by molar-refractivity contribution is -0.00185. The smallest absolute Gasteiger partial charge is 0.0781 e. The molecule has 0 saturated heterocycles. The predicted molar refractivity (Wildman–Crippen MR) is 59.7 cm³/mol. The van der Waals surface area contributed by atoms with Crippen LogP contribution in [0.4, 0.5) is 0 Å². The van der Waals surface area contributed by atoms with Gasteiger partial charge in [0, 0.05) is 13.2 Å². The van der Waals surface area contributed by atoms with Gasteiger partial charge < -0.3 is 14.8 Å². The molecule has 0 aromatic carbocycles. The molecule has 0 heterocycles. The standard InChI is InChI=1S/C11H25NO2/c1-4-6-7-12-8-9-14-11(3)10-13-5-2/h11-12H,4-10H2,1-3H3. The van der Waals surface area contributed by atoms with E-state index < -0.39 is 0 Å². The molecule has 1 N–H and O–H groups in total. The van der Waals surface area contributed by atoms with Crippen LogP contribution in [0.2, 0.25) is 0 Å². The van der Waals surface area contributed by atoms with Gasteiger partial charge in [-0.3, -0.25) is 0 Å². The van der Waals surface area contributed by atoms with Crippen LogP contribution in [0, 0.1) is 0 Å². The Hall–Kier alpha value is -0.120. The molecule has 1 atom stereocenters. The lowest BCUT2D eigenvalue weighted by atomic mass is 10.3. The Morgan fingerprint density at radius 2 is 2.00 bits per heavy atom. The van der Waals surface area contributed by atoms with E-state index in [1.165, 1.54) is 12.8 Å². The second-order valence-electron chi connectivity index (χ2n) is 3.44. The normalized spacial score (nSPS) is 13.1. The van der Waals surface area contributed by atoms with Crippen molar-refractivity contribution in [2.45, 2.75) is 39.7 Å². The Morgan fingerprint density at radius 1 is 1.21 bits per heavy atom. The molecule has 3 heteroatoms. The van der Waals surface area contributed by atoms with Gasteiger partial charge in [0.05, 0.1) is 19.3 Å². The third kappa shape index (κ3) is 9.96. The third-order valence-electron chi connectivity index (χ3n) is 1.94. The Balaban J connectivity index is 3.02. The van der Waals surface area contributed by atoms with E-state index in [1.807, 2.05) is 13.8 Å². The SMILES string of the molecule is CCCCNCCOC(C)COCC. The summed E-state index contributed by atoms with van der Waals surface area (Å²) in [6, 6.07) is 0. The van der Waals surface area contributed by atoms with Crippen LogP contribution < -0.4 is 5.32 Å². The zero-order valence-corrected chi connectivity index (χ0v) is 9.84. The average Bonchev–Trinajstić information content (AvgIpc) is 2.20. The summed E-state index contributed by atoms with van der Waals surface area (Å²) in [6.45, 7) is 10.5. The van der Waals surface area contributed by atoms with Crippen LogP contribution in [0.1, 0.15) is 33.6 Å². The van der Waals surface area contributed by atoms with Crippen LogP contribution in [-0.4, -0.2) is 39.0 Å². The number of nitrogens with one attached hydrogen (secondary N) is 1. The van der Waals surface area contributed by atoms with Gasteiger partial charge in [0.1, 0.15) is 0 Å². The van der Waals surface area contributed by atoms with E-state index in [0.717, 1.165) is 26.3 Å². The van der Waals surface area contributed by atoms with Crippen LogP contribution in [0.15, 0.2) is 0 Å². The molecule has 86 valence electrons. The lowest BCUT2D eigenvalue weighted by Gasteiger charge is -2.12. The summed E-state index contributed by atoms with van der Waals surface area (Å²) in [5.41, 5.74) is 0. The molecular weight excluding hydrogens is 178 g/mol. The van der Waals surface area contributed by atoms with E-state index in [-0.39, 0.29) is 6.10 Å². The summed E-state index contributed by atoms with van der Waals surface area (Å²) >= 11 is 0. The summed E-state index contributed by atoms with van der Waals surface area (Å²) in [4.78, 5) is 0. The van der Waals surface area contributed by atoms with Gasteiger partial charge in [0.2, 0.25) is 0 Å². The van der Waals surface area contributed by atoms with E-state index in [0.29, 0.717) is 6.61 Å². The first-order valence-electron chi connectivity index (χ1n) is 5.71. The first-order valence-corrected chi connectivity index (χ1v) is 5.71. The summed E-state index contributed by atoms with van der Waals surface area (Å²) in [5, 5.41) is 3.33. The van der Waals surface area contributed by atoms with Crippen LogP contribution in [0.25, 0.3) is 0 Å². The van der Waals surface area contributed by atoms with Gasteiger partial charge in [0.25, 0.3) is 0 Å². The van der Waals surface area contributed by atoms with Crippen LogP contribution in [0.3, 0.4) is 0 Å². The van der Waals surface area contributed by atoms with Crippen molar-refractivity contribution in [3.63, 3.8) is 0 Å².